The van der Waals surface area contributed by atoms with E-state index in [1.165, 1.54) is 25.6 Å². The second-order valence-corrected chi connectivity index (χ2v) is 10.1. The molecule has 2 atom stereocenters. The van der Waals surface area contributed by atoms with E-state index in [1.54, 1.807) is 12.1 Å². The molecule has 200 valence electrons. The van der Waals surface area contributed by atoms with Crippen LogP contribution in [-0.2, 0) is 25.4 Å². The monoisotopic (exact) mass is 530 g/mol. The molecular weight excluding hydrogens is 496 g/mol. The molecule has 1 aliphatic heterocycles. The fourth-order valence-corrected chi connectivity index (χ4v) is 5.67. The first-order chi connectivity index (χ1) is 17.9. The summed E-state index contributed by atoms with van der Waals surface area (Å²) in [6.07, 6.45) is 2.15. The third kappa shape index (κ3) is 6.46. The summed E-state index contributed by atoms with van der Waals surface area (Å²) in [5, 5.41) is 6.73. The molecule has 1 aromatic carbocycles. The lowest BCUT2D eigenvalue weighted by Crippen LogP contribution is -2.50. The van der Waals surface area contributed by atoms with Crippen molar-refractivity contribution in [2.45, 2.75) is 50.8 Å². The molecule has 0 radical (unpaired) electrons. The van der Waals surface area contributed by atoms with Crippen LogP contribution in [0.1, 0.15) is 53.3 Å². The van der Waals surface area contributed by atoms with Gasteiger partial charge >= 0.3 is 12.1 Å². The first kappa shape index (κ1) is 27.0. The molecule has 0 spiro atoms. The molecule has 4 rings (SSSR count). The van der Waals surface area contributed by atoms with Crippen molar-refractivity contribution in [2.75, 3.05) is 40.5 Å². The SMILES string of the molecule is COC(=O)NCCCc1nc([C@@H](C)N(C(=O)[C@H]2CNCCO2)C2CC2)sc1-c1ccccc1C(=O)OC. The summed E-state index contributed by atoms with van der Waals surface area (Å²) in [6.45, 7) is 4.18. The van der Waals surface area contributed by atoms with Gasteiger partial charge < -0.3 is 29.7 Å². The van der Waals surface area contributed by atoms with E-state index in [1.807, 2.05) is 24.0 Å². The second-order valence-electron chi connectivity index (χ2n) is 9.10. The molecule has 2 heterocycles. The lowest BCUT2D eigenvalue weighted by atomic mass is 10.0. The number of alkyl carbamates (subject to hydrolysis) is 1. The highest BCUT2D eigenvalue weighted by Gasteiger charge is 2.41. The van der Waals surface area contributed by atoms with Crippen LogP contribution in [0.5, 0.6) is 0 Å². The van der Waals surface area contributed by atoms with Gasteiger partial charge in [0, 0.05) is 31.2 Å². The summed E-state index contributed by atoms with van der Waals surface area (Å²) in [7, 11) is 2.69. The highest BCUT2D eigenvalue weighted by Crippen LogP contribution is 2.41. The van der Waals surface area contributed by atoms with Crippen molar-refractivity contribution in [1.29, 1.82) is 0 Å². The molecule has 10 nitrogen and oxygen atoms in total. The van der Waals surface area contributed by atoms with Gasteiger partial charge in [0.2, 0.25) is 0 Å². The minimum atomic E-state index is -0.500. The minimum absolute atomic E-state index is 0.0160. The van der Waals surface area contributed by atoms with Gasteiger partial charge in [0.15, 0.2) is 0 Å². The van der Waals surface area contributed by atoms with Gasteiger partial charge in [0.25, 0.3) is 5.91 Å². The fourth-order valence-electron chi connectivity index (χ4n) is 4.47. The molecule has 1 saturated carbocycles. The number of rotatable bonds is 10. The van der Waals surface area contributed by atoms with E-state index in [-0.39, 0.29) is 18.0 Å². The van der Waals surface area contributed by atoms with E-state index in [9.17, 15) is 14.4 Å². The van der Waals surface area contributed by atoms with Gasteiger partial charge in [-0.2, -0.15) is 0 Å². The zero-order valence-corrected chi connectivity index (χ0v) is 22.3. The number of benzene rings is 1. The maximum atomic E-state index is 13.5. The Hall–Kier alpha value is -3.02. The third-order valence-electron chi connectivity index (χ3n) is 6.51. The van der Waals surface area contributed by atoms with Crippen LogP contribution in [0.4, 0.5) is 4.79 Å². The number of hydrogen-bond acceptors (Lipinski definition) is 9. The summed E-state index contributed by atoms with van der Waals surface area (Å²) >= 11 is 1.49. The van der Waals surface area contributed by atoms with Crippen molar-refractivity contribution in [3.8, 4) is 10.4 Å². The van der Waals surface area contributed by atoms with Crippen molar-refractivity contribution in [3.63, 3.8) is 0 Å². The van der Waals surface area contributed by atoms with Crippen LogP contribution in [0.15, 0.2) is 24.3 Å². The number of aryl methyl sites for hydroxylation is 1. The van der Waals surface area contributed by atoms with E-state index < -0.39 is 18.2 Å². The molecule has 2 aliphatic rings. The fraction of sp³-hybridized carbons (Fsp3) is 0.538. The minimum Gasteiger partial charge on any atom is -0.465 e. The second kappa shape index (κ2) is 12.5. The summed E-state index contributed by atoms with van der Waals surface area (Å²) in [5.74, 6) is -0.439. The van der Waals surface area contributed by atoms with E-state index in [0.717, 1.165) is 40.5 Å². The average Bonchev–Trinajstić information content (AvgIpc) is 3.68. The average molecular weight is 531 g/mol. The number of carbonyl (C=O) groups excluding carboxylic acids is 3. The Morgan fingerprint density at radius 1 is 1.24 bits per heavy atom. The summed E-state index contributed by atoms with van der Waals surface area (Å²) in [5.41, 5.74) is 2.01. The Kier molecular flexibility index (Phi) is 9.12. The van der Waals surface area contributed by atoms with Crippen molar-refractivity contribution in [2.24, 2.45) is 0 Å². The number of esters is 1. The zero-order valence-electron chi connectivity index (χ0n) is 21.5. The molecule has 0 bridgehead atoms. The van der Waals surface area contributed by atoms with Gasteiger partial charge in [0.1, 0.15) is 11.1 Å². The van der Waals surface area contributed by atoms with E-state index in [4.69, 9.17) is 14.5 Å². The first-order valence-electron chi connectivity index (χ1n) is 12.6. The zero-order chi connectivity index (χ0) is 26.4. The number of ether oxygens (including phenoxy) is 3. The van der Waals surface area contributed by atoms with Crippen LogP contribution in [0.2, 0.25) is 0 Å². The number of nitrogens with one attached hydrogen (secondary N) is 2. The van der Waals surface area contributed by atoms with Crippen LogP contribution >= 0.6 is 11.3 Å². The van der Waals surface area contributed by atoms with Crippen LogP contribution in [0.25, 0.3) is 10.4 Å². The maximum Gasteiger partial charge on any atom is 0.406 e. The number of nitrogens with zero attached hydrogens (tertiary/aromatic N) is 2. The van der Waals surface area contributed by atoms with Crippen LogP contribution < -0.4 is 10.6 Å². The van der Waals surface area contributed by atoms with Crippen molar-refractivity contribution in [3.05, 3.63) is 40.5 Å². The Balaban J connectivity index is 1.64. The lowest BCUT2D eigenvalue weighted by molar-refractivity contribution is -0.148. The van der Waals surface area contributed by atoms with Crippen molar-refractivity contribution in [1.82, 2.24) is 20.5 Å². The van der Waals surface area contributed by atoms with E-state index >= 15 is 0 Å². The summed E-state index contributed by atoms with van der Waals surface area (Å²) in [4.78, 5) is 45.2. The van der Waals surface area contributed by atoms with E-state index in [0.29, 0.717) is 38.1 Å². The van der Waals surface area contributed by atoms with Gasteiger partial charge in [-0.05, 0) is 38.7 Å². The number of aromatic nitrogens is 1. The van der Waals surface area contributed by atoms with Gasteiger partial charge in [-0.3, -0.25) is 4.79 Å². The van der Waals surface area contributed by atoms with Crippen molar-refractivity contribution < 1.29 is 28.6 Å². The Morgan fingerprint density at radius 2 is 2.03 bits per heavy atom. The number of thiazole rings is 1. The molecule has 2 amide bonds. The molecule has 1 saturated heterocycles. The number of morpholine rings is 1. The normalized spacial score (nSPS) is 18.1. The smallest absolute Gasteiger partial charge is 0.406 e. The molecule has 2 aromatic rings. The summed E-state index contributed by atoms with van der Waals surface area (Å²) in [6, 6.07) is 7.22. The van der Waals surface area contributed by atoms with E-state index in [2.05, 4.69) is 15.4 Å². The highest BCUT2D eigenvalue weighted by atomic mass is 32.1. The van der Waals surface area contributed by atoms with Gasteiger partial charge in [-0.25, -0.2) is 14.6 Å². The Labute approximate surface area is 220 Å². The molecule has 11 heteroatoms. The topological polar surface area (TPSA) is 119 Å². The maximum absolute atomic E-state index is 13.5. The molecular formula is C26H34N4O6S. The number of amides is 2. The van der Waals surface area contributed by atoms with Crippen LogP contribution in [0, 0.1) is 0 Å². The molecule has 2 fully saturated rings. The Morgan fingerprint density at radius 3 is 2.70 bits per heavy atom. The molecule has 2 N–H and O–H groups in total. The van der Waals surface area contributed by atoms with Gasteiger partial charge in [-0.1, -0.05) is 18.2 Å². The predicted molar refractivity (Wildman–Crippen MR) is 139 cm³/mol. The number of hydrogen-bond donors (Lipinski definition) is 2. The third-order valence-corrected chi connectivity index (χ3v) is 7.81. The van der Waals surface area contributed by atoms with Gasteiger partial charge in [0.05, 0.1) is 43.0 Å². The van der Waals surface area contributed by atoms with Crippen LogP contribution in [0.3, 0.4) is 0 Å². The highest BCUT2D eigenvalue weighted by molar-refractivity contribution is 7.15. The molecule has 1 aliphatic carbocycles. The van der Waals surface area contributed by atoms with Crippen LogP contribution in [-0.4, -0.2) is 80.5 Å². The standard InChI is InChI=1S/C26H34N4O6S/c1-16(30(17-10-11-17)24(31)21-15-27-13-14-36-21)23-29-20(9-6-12-28-26(33)35-3)22(37-23)18-7-4-5-8-19(18)25(32)34-2/h4-5,7-8,16-17,21,27H,6,9-15H2,1-3H3,(H,28,33)/t16-,21-/m1/s1. The van der Waals surface area contributed by atoms with Gasteiger partial charge in [-0.15, -0.1) is 11.3 Å². The molecule has 1 aromatic heterocycles. The molecule has 37 heavy (non-hydrogen) atoms. The largest absolute Gasteiger partial charge is 0.465 e. The molecule has 0 unspecified atom stereocenters. The number of carbonyl (C=O) groups is 3. The summed E-state index contributed by atoms with van der Waals surface area (Å²) < 4.78 is 15.4. The quantitative estimate of drug-likeness (QED) is 0.356. The lowest BCUT2D eigenvalue weighted by Gasteiger charge is -2.33. The Bertz CT molecular complexity index is 1110. The van der Waals surface area contributed by atoms with Crippen molar-refractivity contribution >= 4 is 29.3 Å². The number of methoxy groups -OCH3 is 2. The predicted octanol–water partition coefficient (Wildman–Crippen LogP) is 2.93. The first-order valence-corrected chi connectivity index (χ1v) is 13.4.